The Kier molecular flexibility index (Phi) is 4.24. The van der Waals surface area contributed by atoms with E-state index in [9.17, 15) is 0 Å². The molecule has 1 aromatic rings. The molecule has 0 aromatic carbocycles. The Balaban J connectivity index is 1.82. The molecular weight excluding hydrogens is 214 g/mol. The highest BCUT2D eigenvalue weighted by atomic mass is 16.5. The van der Waals surface area contributed by atoms with Crippen molar-refractivity contribution in [1.82, 2.24) is 4.90 Å². The fourth-order valence-corrected chi connectivity index (χ4v) is 2.67. The molecule has 1 aliphatic rings. The van der Waals surface area contributed by atoms with E-state index < -0.39 is 0 Å². The molecule has 3 nitrogen and oxygen atoms in total. The van der Waals surface area contributed by atoms with Crippen molar-refractivity contribution in [3.05, 3.63) is 23.7 Å². The molecule has 1 aliphatic carbocycles. The molecule has 1 heterocycles. The molecule has 0 saturated heterocycles. The molecule has 96 valence electrons. The minimum atomic E-state index is 0.477. The summed E-state index contributed by atoms with van der Waals surface area (Å²) in [5.41, 5.74) is 0. The topological polar surface area (TPSA) is 25.6 Å². The predicted molar refractivity (Wildman–Crippen MR) is 68.0 cm³/mol. The van der Waals surface area contributed by atoms with E-state index in [-0.39, 0.29) is 0 Å². The summed E-state index contributed by atoms with van der Waals surface area (Å²) in [6.07, 6.45) is 5.31. The Morgan fingerprint density at radius 2 is 2.00 bits per heavy atom. The SMILES string of the molecule is COC1CCC(N(C)Cc2ccc(C)o2)CC1. The van der Waals surface area contributed by atoms with Gasteiger partial charge >= 0.3 is 0 Å². The normalized spacial score (nSPS) is 25.4. The van der Waals surface area contributed by atoms with Crippen LogP contribution in [0.2, 0.25) is 0 Å². The molecule has 0 aliphatic heterocycles. The zero-order valence-electron chi connectivity index (χ0n) is 11.1. The molecule has 0 bridgehead atoms. The summed E-state index contributed by atoms with van der Waals surface area (Å²) in [4.78, 5) is 2.41. The van der Waals surface area contributed by atoms with Gasteiger partial charge in [0.05, 0.1) is 12.6 Å². The van der Waals surface area contributed by atoms with Crippen molar-refractivity contribution in [2.24, 2.45) is 0 Å². The van der Waals surface area contributed by atoms with Gasteiger partial charge in [-0.1, -0.05) is 0 Å². The van der Waals surface area contributed by atoms with Gasteiger partial charge < -0.3 is 9.15 Å². The minimum Gasteiger partial charge on any atom is -0.465 e. The van der Waals surface area contributed by atoms with Crippen LogP contribution in [-0.2, 0) is 11.3 Å². The lowest BCUT2D eigenvalue weighted by molar-refractivity contribution is 0.0415. The van der Waals surface area contributed by atoms with Gasteiger partial charge in [0, 0.05) is 13.2 Å². The zero-order chi connectivity index (χ0) is 12.3. The van der Waals surface area contributed by atoms with Crippen molar-refractivity contribution < 1.29 is 9.15 Å². The molecule has 2 rings (SSSR count). The van der Waals surface area contributed by atoms with Crippen molar-refractivity contribution in [2.45, 2.75) is 51.3 Å². The monoisotopic (exact) mass is 237 g/mol. The third-order valence-electron chi connectivity index (χ3n) is 3.80. The molecule has 17 heavy (non-hydrogen) atoms. The van der Waals surface area contributed by atoms with Crippen LogP contribution in [0.15, 0.2) is 16.5 Å². The second-order valence-corrected chi connectivity index (χ2v) is 5.09. The lowest BCUT2D eigenvalue weighted by Gasteiger charge is -2.33. The lowest BCUT2D eigenvalue weighted by Crippen LogP contribution is -2.36. The quantitative estimate of drug-likeness (QED) is 0.805. The number of furan rings is 1. The number of ether oxygens (including phenoxy) is 1. The van der Waals surface area contributed by atoms with E-state index in [1.54, 1.807) is 0 Å². The van der Waals surface area contributed by atoms with Gasteiger partial charge in [0.1, 0.15) is 11.5 Å². The fraction of sp³-hybridized carbons (Fsp3) is 0.714. The van der Waals surface area contributed by atoms with Crippen molar-refractivity contribution in [2.75, 3.05) is 14.2 Å². The molecule has 0 atom stereocenters. The number of aryl methyl sites for hydroxylation is 1. The molecule has 1 fully saturated rings. The van der Waals surface area contributed by atoms with E-state index in [1.165, 1.54) is 25.7 Å². The van der Waals surface area contributed by atoms with E-state index in [1.807, 2.05) is 20.1 Å². The predicted octanol–water partition coefficient (Wildman–Crippen LogP) is 2.98. The van der Waals surface area contributed by atoms with Crippen molar-refractivity contribution >= 4 is 0 Å². The molecule has 3 heteroatoms. The molecule has 0 N–H and O–H groups in total. The number of rotatable bonds is 4. The number of hydrogen-bond donors (Lipinski definition) is 0. The number of hydrogen-bond acceptors (Lipinski definition) is 3. The lowest BCUT2D eigenvalue weighted by atomic mass is 9.92. The first-order valence-corrected chi connectivity index (χ1v) is 6.47. The molecule has 0 spiro atoms. The van der Waals surface area contributed by atoms with Crippen LogP contribution in [0.5, 0.6) is 0 Å². The summed E-state index contributed by atoms with van der Waals surface area (Å²) in [6.45, 7) is 2.91. The second kappa shape index (κ2) is 5.69. The highest BCUT2D eigenvalue weighted by Crippen LogP contribution is 2.25. The summed E-state index contributed by atoms with van der Waals surface area (Å²) in [6, 6.07) is 4.78. The van der Waals surface area contributed by atoms with Crippen LogP contribution < -0.4 is 0 Å². The average Bonchev–Trinajstić information content (AvgIpc) is 2.75. The average molecular weight is 237 g/mol. The first-order valence-electron chi connectivity index (χ1n) is 6.47. The number of nitrogens with zero attached hydrogens (tertiary/aromatic N) is 1. The summed E-state index contributed by atoms with van der Waals surface area (Å²) in [7, 11) is 4.01. The van der Waals surface area contributed by atoms with Gasteiger partial charge in [-0.25, -0.2) is 0 Å². The smallest absolute Gasteiger partial charge is 0.118 e. The first-order chi connectivity index (χ1) is 8.19. The van der Waals surface area contributed by atoms with Gasteiger partial charge in [0.15, 0.2) is 0 Å². The van der Waals surface area contributed by atoms with Crippen LogP contribution in [0.25, 0.3) is 0 Å². The van der Waals surface area contributed by atoms with Gasteiger partial charge in [-0.05, 0) is 51.8 Å². The molecular formula is C14H23NO2. The van der Waals surface area contributed by atoms with Crippen molar-refractivity contribution in [3.8, 4) is 0 Å². The van der Waals surface area contributed by atoms with Gasteiger partial charge in [0.2, 0.25) is 0 Å². The van der Waals surface area contributed by atoms with Crippen LogP contribution in [0.3, 0.4) is 0 Å². The maximum absolute atomic E-state index is 5.62. The summed E-state index contributed by atoms with van der Waals surface area (Å²) in [5, 5.41) is 0. The summed E-state index contributed by atoms with van der Waals surface area (Å²) < 4.78 is 11.0. The van der Waals surface area contributed by atoms with Crippen molar-refractivity contribution in [1.29, 1.82) is 0 Å². The molecule has 0 unspecified atom stereocenters. The molecule has 1 aromatic heterocycles. The highest BCUT2D eigenvalue weighted by Gasteiger charge is 2.24. The Bertz CT molecular complexity index is 340. The Morgan fingerprint density at radius 1 is 1.29 bits per heavy atom. The van der Waals surface area contributed by atoms with E-state index in [0.29, 0.717) is 12.1 Å². The Labute approximate surface area is 104 Å². The third kappa shape index (κ3) is 3.33. The Hall–Kier alpha value is -0.800. The van der Waals surface area contributed by atoms with Gasteiger partial charge in [-0.3, -0.25) is 4.90 Å². The van der Waals surface area contributed by atoms with Crippen LogP contribution in [0.4, 0.5) is 0 Å². The Morgan fingerprint density at radius 3 is 2.53 bits per heavy atom. The summed E-state index contributed by atoms with van der Waals surface area (Å²) >= 11 is 0. The van der Waals surface area contributed by atoms with Crippen LogP contribution in [0.1, 0.15) is 37.2 Å². The highest BCUT2D eigenvalue weighted by molar-refractivity contribution is 5.05. The van der Waals surface area contributed by atoms with E-state index in [4.69, 9.17) is 9.15 Å². The first kappa shape index (κ1) is 12.7. The van der Waals surface area contributed by atoms with Crippen LogP contribution in [0, 0.1) is 6.92 Å². The molecule has 0 radical (unpaired) electrons. The standard InChI is InChI=1S/C14H23NO2/c1-11-4-7-14(17-11)10-15(2)12-5-8-13(16-3)9-6-12/h4,7,12-13H,5-6,8-10H2,1-3H3. The second-order valence-electron chi connectivity index (χ2n) is 5.09. The van der Waals surface area contributed by atoms with Crippen molar-refractivity contribution in [3.63, 3.8) is 0 Å². The van der Waals surface area contributed by atoms with Gasteiger partial charge in [-0.15, -0.1) is 0 Å². The zero-order valence-corrected chi connectivity index (χ0v) is 11.1. The maximum atomic E-state index is 5.62. The maximum Gasteiger partial charge on any atom is 0.118 e. The molecule has 1 saturated carbocycles. The van der Waals surface area contributed by atoms with E-state index in [0.717, 1.165) is 18.1 Å². The minimum absolute atomic E-state index is 0.477. The van der Waals surface area contributed by atoms with E-state index in [2.05, 4.69) is 18.0 Å². The largest absolute Gasteiger partial charge is 0.465 e. The molecule has 0 amide bonds. The summed E-state index contributed by atoms with van der Waals surface area (Å²) in [5.74, 6) is 2.07. The van der Waals surface area contributed by atoms with E-state index >= 15 is 0 Å². The van der Waals surface area contributed by atoms with Crippen LogP contribution in [-0.4, -0.2) is 31.2 Å². The third-order valence-corrected chi connectivity index (χ3v) is 3.80. The number of methoxy groups -OCH3 is 1. The fourth-order valence-electron chi connectivity index (χ4n) is 2.67. The van der Waals surface area contributed by atoms with Crippen LogP contribution >= 0.6 is 0 Å². The van der Waals surface area contributed by atoms with Gasteiger partial charge in [0.25, 0.3) is 0 Å². The van der Waals surface area contributed by atoms with Gasteiger partial charge in [-0.2, -0.15) is 0 Å².